The van der Waals surface area contributed by atoms with Crippen LogP contribution in [0.1, 0.15) is 35.9 Å². The van der Waals surface area contributed by atoms with Gasteiger partial charge in [0.25, 0.3) is 0 Å². The molecular formula is C16H17Cl2N3OS. The topological polar surface area (TPSA) is 46.9 Å². The van der Waals surface area contributed by atoms with Crippen LogP contribution in [0.15, 0.2) is 18.2 Å². The third-order valence-corrected chi connectivity index (χ3v) is 6.03. The number of thioether (sulfide) groups is 1. The number of hydrogen-bond acceptors (Lipinski definition) is 3. The molecule has 23 heavy (non-hydrogen) atoms. The van der Waals surface area contributed by atoms with Crippen molar-refractivity contribution in [3.05, 3.63) is 45.1 Å². The molecule has 2 aromatic rings. The smallest absolute Gasteiger partial charge is 0.241 e. The van der Waals surface area contributed by atoms with Gasteiger partial charge in [0.2, 0.25) is 5.91 Å². The van der Waals surface area contributed by atoms with E-state index in [4.69, 9.17) is 23.2 Å². The maximum atomic E-state index is 12.5. The highest BCUT2D eigenvalue weighted by atomic mass is 35.5. The summed E-state index contributed by atoms with van der Waals surface area (Å²) in [5, 5.41) is 8.55. The van der Waals surface area contributed by atoms with Crippen LogP contribution < -0.4 is 5.32 Å². The fraction of sp³-hybridized carbons (Fsp3) is 0.375. The molecule has 0 saturated carbocycles. The Balaban J connectivity index is 2.23. The van der Waals surface area contributed by atoms with Crippen molar-refractivity contribution in [3.63, 3.8) is 0 Å². The number of benzene rings is 1. The van der Waals surface area contributed by atoms with E-state index in [1.807, 2.05) is 40.0 Å². The lowest BCUT2D eigenvalue weighted by Gasteiger charge is -2.25. The minimum absolute atomic E-state index is 0.0423. The summed E-state index contributed by atoms with van der Waals surface area (Å²) in [6.45, 7) is 5.78. The molecule has 122 valence electrons. The molecule has 1 aliphatic heterocycles. The first kappa shape index (κ1) is 16.7. The van der Waals surface area contributed by atoms with Gasteiger partial charge in [-0.05, 0) is 38.5 Å². The number of fused-ring (bicyclic) bond motifs is 1. The molecule has 0 radical (unpaired) electrons. The number of carbonyl (C=O) groups is 1. The lowest BCUT2D eigenvalue weighted by molar-refractivity contribution is -0.117. The average molecular weight is 370 g/mol. The quantitative estimate of drug-likeness (QED) is 0.799. The van der Waals surface area contributed by atoms with Crippen LogP contribution >= 0.6 is 35.0 Å². The van der Waals surface area contributed by atoms with Crippen LogP contribution in [-0.4, -0.2) is 20.4 Å². The van der Waals surface area contributed by atoms with Crippen molar-refractivity contribution in [2.24, 2.45) is 7.05 Å². The van der Waals surface area contributed by atoms with E-state index < -0.39 is 4.75 Å². The van der Waals surface area contributed by atoms with Gasteiger partial charge in [0, 0.05) is 22.7 Å². The van der Waals surface area contributed by atoms with Crippen molar-refractivity contribution in [3.8, 4) is 0 Å². The third kappa shape index (κ3) is 2.86. The number of amides is 1. The van der Waals surface area contributed by atoms with Gasteiger partial charge in [-0.15, -0.1) is 11.8 Å². The fourth-order valence-corrected chi connectivity index (χ4v) is 4.80. The summed E-state index contributed by atoms with van der Waals surface area (Å²) in [5.74, 6) is 0.681. The molecule has 4 nitrogen and oxygen atoms in total. The van der Waals surface area contributed by atoms with Crippen LogP contribution in [-0.2, 0) is 11.8 Å². The predicted molar refractivity (Wildman–Crippen MR) is 96.5 cm³/mol. The molecule has 0 spiro atoms. The standard InChI is InChI=1S/C16H17Cl2N3OS/c1-8-12-13(10-6-5-9(17)7-11(10)18)23-16(2,3)15(22)19-14(12)21(4)20-8/h5-7,13H,1-4H3,(H,19,22). The van der Waals surface area contributed by atoms with E-state index in [0.29, 0.717) is 10.0 Å². The number of aryl methyl sites for hydroxylation is 2. The highest BCUT2D eigenvalue weighted by Crippen LogP contribution is 2.50. The van der Waals surface area contributed by atoms with Crippen LogP contribution in [0.25, 0.3) is 0 Å². The molecule has 1 N–H and O–H groups in total. The first-order chi connectivity index (χ1) is 10.7. The molecule has 3 rings (SSSR count). The Hall–Kier alpha value is -1.17. The molecule has 7 heteroatoms. The zero-order chi connectivity index (χ0) is 16.9. The zero-order valence-corrected chi connectivity index (χ0v) is 15.6. The Morgan fingerprint density at radius 2 is 2.04 bits per heavy atom. The van der Waals surface area contributed by atoms with Gasteiger partial charge >= 0.3 is 0 Å². The Morgan fingerprint density at radius 3 is 2.70 bits per heavy atom. The van der Waals surface area contributed by atoms with E-state index in [-0.39, 0.29) is 11.2 Å². The summed E-state index contributed by atoms with van der Waals surface area (Å²) in [6.07, 6.45) is 0. The number of rotatable bonds is 1. The third-order valence-electron chi connectivity index (χ3n) is 3.97. The van der Waals surface area contributed by atoms with E-state index in [2.05, 4.69) is 10.4 Å². The second-order valence-corrected chi connectivity index (χ2v) is 8.67. The van der Waals surface area contributed by atoms with Crippen LogP contribution in [0.4, 0.5) is 5.82 Å². The van der Waals surface area contributed by atoms with Gasteiger partial charge in [0.1, 0.15) is 5.82 Å². The normalized spacial score (nSPS) is 19.9. The van der Waals surface area contributed by atoms with Gasteiger partial charge in [0.05, 0.1) is 15.7 Å². The zero-order valence-electron chi connectivity index (χ0n) is 13.3. The minimum atomic E-state index is -0.598. The van der Waals surface area contributed by atoms with Gasteiger partial charge in [-0.3, -0.25) is 9.48 Å². The summed E-state index contributed by atoms with van der Waals surface area (Å²) in [5.41, 5.74) is 2.80. The molecule has 1 aromatic carbocycles. The molecule has 0 fully saturated rings. The van der Waals surface area contributed by atoms with Crippen molar-refractivity contribution in [1.29, 1.82) is 0 Å². The maximum Gasteiger partial charge on any atom is 0.241 e. The van der Waals surface area contributed by atoms with Crippen molar-refractivity contribution in [2.45, 2.75) is 30.8 Å². The van der Waals surface area contributed by atoms with Gasteiger partial charge < -0.3 is 5.32 Å². The molecule has 1 atom stereocenters. The van der Waals surface area contributed by atoms with Crippen molar-refractivity contribution in [2.75, 3.05) is 5.32 Å². The number of halogens is 2. The van der Waals surface area contributed by atoms with Gasteiger partial charge in [0.15, 0.2) is 0 Å². The Labute approximate surface area is 149 Å². The first-order valence-corrected chi connectivity index (χ1v) is 8.82. The minimum Gasteiger partial charge on any atom is -0.309 e. The number of hydrogen-bond donors (Lipinski definition) is 1. The lowest BCUT2D eigenvalue weighted by Crippen LogP contribution is -2.33. The molecule has 0 bridgehead atoms. The molecule has 0 aliphatic carbocycles. The fourth-order valence-electron chi connectivity index (χ4n) is 2.73. The summed E-state index contributed by atoms with van der Waals surface area (Å²) in [7, 11) is 1.83. The largest absolute Gasteiger partial charge is 0.309 e. The van der Waals surface area contributed by atoms with Crippen LogP contribution in [0.3, 0.4) is 0 Å². The molecule has 0 saturated heterocycles. The van der Waals surface area contributed by atoms with E-state index in [0.717, 1.165) is 22.6 Å². The number of nitrogens with one attached hydrogen (secondary N) is 1. The van der Waals surface area contributed by atoms with Crippen molar-refractivity contribution >= 4 is 46.7 Å². The number of aromatic nitrogens is 2. The van der Waals surface area contributed by atoms with E-state index >= 15 is 0 Å². The SMILES string of the molecule is Cc1nn(C)c2c1C(c1ccc(Cl)cc1Cl)SC(C)(C)C(=O)N2. The second kappa shape index (κ2) is 5.72. The Morgan fingerprint density at radius 1 is 1.35 bits per heavy atom. The van der Waals surface area contributed by atoms with Crippen LogP contribution in [0.5, 0.6) is 0 Å². The summed E-state index contributed by atoms with van der Waals surface area (Å²) >= 11 is 14.0. The average Bonchev–Trinajstić information content (AvgIpc) is 2.65. The van der Waals surface area contributed by atoms with Gasteiger partial charge in [-0.2, -0.15) is 5.10 Å². The first-order valence-electron chi connectivity index (χ1n) is 7.18. The van der Waals surface area contributed by atoms with E-state index in [9.17, 15) is 4.79 Å². The van der Waals surface area contributed by atoms with Crippen molar-refractivity contribution in [1.82, 2.24) is 9.78 Å². The molecule has 2 heterocycles. The van der Waals surface area contributed by atoms with Gasteiger partial charge in [-0.1, -0.05) is 29.3 Å². The number of carbonyl (C=O) groups excluding carboxylic acids is 1. The molecule has 1 aliphatic rings. The summed E-state index contributed by atoms with van der Waals surface area (Å²) in [4.78, 5) is 12.5. The monoisotopic (exact) mass is 369 g/mol. The summed E-state index contributed by atoms with van der Waals surface area (Å²) in [6, 6.07) is 5.48. The van der Waals surface area contributed by atoms with Gasteiger partial charge in [-0.25, -0.2) is 0 Å². The molecular weight excluding hydrogens is 353 g/mol. The van der Waals surface area contributed by atoms with Crippen LogP contribution in [0.2, 0.25) is 10.0 Å². The molecule has 1 unspecified atom stereocenters. The van der Waals surface area contributed by atoms with E-state index in [1.54, 1.807) is 22.5 Å². The second-order valence-electron chi connectivity index (χ2n) is 6.10. The number of nitrogens with zero attached hydrogens (tertiary/aromatic N) is 2. The molecule has 1 aromatic heterocycles. The maximum absolute atomic E-state index is 12.5. The predicted octanol–water partition coefficient (Wildman–Crippen LogP) is 4.59. The van der Waals surface area contributed by atoms with Crippen molar-refractivity contribution < 1.29 is 4.79 Å². The molecule has 1 amide bonds. The summed E-state index contributed by atoms with van der Waals surface area (Å²) < 4.78 is 1.11. The highest BCUT2D eigenvalue weighted by Gasteiger charge is 2.40. The highest BCUT2D eigenvalue weighted by molar-refractivity contribution is 8.01. The lowest BCUT2D eigenvalue weighted by atomic mass is 10.0. The van der Waals surface area contributed by atoms with Crippen LogP contribution in [0, 0.1) is 6.92 Å². The Bertz CT molecular complexity index is 801. The number of anilines is 1. The van der Waals surface area contributed by atoms with E-state index in [1.165, 1.54) is 0 Å². The Kier molecular flexibility index (Phi) is 4.15.